The van der Waals surface area contributed by atoms with Gasteiger partial charge < -0.3 is 14.9 Å². The van der Waals surface area contributed by atoms with E-state index < -0.39 is 12.0 Å². The monoisotopic (exact) mass is 304 g/mol. The Hall–Kier alpha value is -2.37. The summed E-state index contributed by atoms with van der Waals surface area (Å²) in [5.74, 6) is -1.27. The number of amides is 2. The number of carbonyl (C=O) groups is 3. The first-order valence-electron chi connectivity index (χ1n) is 7.27. The number of nitrogens with zero attached hydrogens (tertiary/aromatic N) is 2. The molecule has 1 aromatic carbocycles. The molecule has 22 heavy (non-hydrogen) atoms. The minimum absolute atomic E-state index is 0.133. The first kappa shape index (κ1) is 16.0. The van der Waals surface area contributed by atoms with Gasteiger partial charge in [-0.1, -0.05) is 18.2 Å². The summed E-state index contributed by atoms with van der Waals surface area (Å²) in [6, 6.07) is 8.03. The molecule has 0 radical (unpaired) electrons. The first-order chi connectivity index (χ1) is 10.4. The SMILES string of the molecule is CC(=O)N1CCN(C(=O)c2ccccc2)[C@H](C)[C@@H]1CC(=O)O. The van der Waals surface area contributed by atoms with Crippen LogP contribution in [0, 0.1) is 0 Å². The van der Waals surface area contributed by atoms with Gasteiger partial charge in [-0.25, -0.2) is 0 Å². The summed E-state index contributed by atoms with van der Waals surface area (Å²) in [6.07, 6.45) is -0.167. The van der Waals surface area contributed by atoms with Gasteiger partial charge in [-0.05, 0) is 19.1 Å². The highest BCUT2D eigenvalue weighted by Crippen LogP contribution is 2.22. The van der Waals surface area contributed by atoms with Gasteiger partial charge in [0.25, 0.3) is 5.91 Å². The number of carboxylic acids is 1. The van der Waals surface area contributed by atoms with Crippen molar-refractivity contribution in [2.24, 2.45) is 0 Å². The summed E-state index contributed by atoms with van der Waals surface area (Å²) in [5.41, 5.74) is 0.569. The average molecular weight is 304 g/mol. The molecule has 1 aliphatic rings. The molecule has 6 heteroatoms. The van der Waals surface area contributed by atoms with Crippen LogP contribution in [0.2, 0.25) is 0 Å². The van der Waals surface area contributed by atoms with Crippen molar-refractivity contribution in [1.82, 2.24) is 9.80 Å². The minimum Gasteiger partial charge on any atom is -0.481 e. The van der Waals surface area contributed by atoms with E-state index in [9.17, 15) is 14.4 Å². The fourth-order valence-electron chi connectivity index (χ4n) is 2.94. The van der Waals surface area contributed by atoms with Crippen LogP contribution < -0.4 is 0 Å². The second-order valence-electron chi connectivity index (χ2n) is 5.48. The van der Waals surface area contributed by atoms with Crippen molar-refractivity contribution in [3.63, 3.8) is 0 Å². The largest absolute Gasteiger partial charge is 0.481 e. The molecule has 2 amide bonds. The van der Waals surface area contributed by atoms with Crippen LogP contribution in [0.3, 0.4) is 0 Å². The highest BCUT2D eigenvalue weighted by Gasteiger charge is 2.38. The molecule has 2 atom stereocenters. The lowest BCUT2D eigenvalue weighted by molar-refractivity contribution is -0.143. The topological polar surface area (TPSA) is 77.9 Å². The van der Waals surface area contributed by atoms with Crippen LogP contribution in [0.15, 0.2) is 30.3 Å². The van der Waals surface area contributed by atoms with Crippen LogP contribution >= 0.6 is 0 Å². The van der Waals surface area contributed by atoms with E-state index in [1.54, 1.807) is 41.0 Å². The van der Waals surface area contributed by atoms with Gasteiger partial charge in [0.2, 0.25) is 5.91 Å². The molecule has 1 saturated heterocycles. The first-order valence-corrected chi connectivity index (χ1v) is 7.27. The van der Waals surface area contributed by atoms with E-state index in [1.807, 2.05) is 6.07 Å². The number of aliphatic carboxylic acids is 1. The summed E-state index contributed by atoms with van der Waals surface area (Å²) in [5, 5.41) is 9.08. The molecule has 0 aromatic heterocycles. The molecule has 2 rings (SSSR count). The van der Waals surface area contributed by atoms with E-state index in [2.05, 4.69) is 0 Å². The maximum absolute atomic E-state index is 12.6. The van der Waals surface area contributed by atoms with Crippen molar-refractivity contribution < 1.29 is 19.5 Å². The summed E-state index contributed by atoms with van der Waals surface area (Å²) in [6.45, 7) is 3.99. The number of piperazine rings is 1. The van der Waals surface area contributed by atoms with Gasteiger partial charge in [0.1, 0.15) is 0 Å². The van der Waals surface area contributed by atoms with Gasteiger partial charge in [0, 0.05) is 25.6 Å². The molecule has 1 aliphatic heterocycles. The second kappa shape index (κ2) is 6.60. The Balaban J connectivity index is 2.23. The van der Waals surface area contributed by atoms with Gasteiger partial charge in [-0.2, -0.15) is 0 Å². The lowest BCUT2D eigenvalue weighted by Crippen LogP contribution is -2.61. The Bertz CT molecular complexity index is 573. The molecule has 1 heterocycles. The van der Waals surface area contributed by atoms with E-state index >= 15 is 0 Å². The smallest absolute Gasteiger partial charge is 0.305 e. The predicted octanol–water partition coefficient (Wildman–Crippen LogP) is 1.22. The number of benzene rings is 1. The highest BCUT2D eigenvalue weighted by atomic mass is 16.4. The number of hydrogen-bond acceptors (Lipinski definition) is 3. The van der Waals surface area contributed by atoms with Crippen LogP contribution in [0.25, 0.3) is 0 Å². The van der Waals surface area contributed by atoms with Gasteiger partial charge in [-0.3, -0.25) is 14.4 Å². The molecule has 1 aromatic rings. The maximum atomic E-state index is 12.6. The summed E-state index contributed by atoms with van der Waals surface area (Å²) < 4.78 is 0. The summed E-state index contributed by atoms with van der Waals surface area (Å²) in [4.78, 5) is 38.6. The Morgan fingerprint density at radius 1 is 1.14 bits per heavy atom. The molecule has 0 unspecified atom stereocenters. The Kier molecular flexibility index (Phi) is 4.80. The van der Waals surface area contributed by atoms with Crippen LogP contribution in [0.4, 0.5) is 0 Å². The lowest BCUT2D eigenvalue weighted by Gasteiger charge is -2.45. The standard InChI is InChI=1S/C16H20N2O4/c1-11-14(10-15(20)21)18(12(2)19)9-8-17(11)16(22)13-6-4-3-5-7-13/h3-7,11,14H,8-10H2,1-2H3,(H,20,21)/t11-,14+/m1/s1. The van der Waals surface area contributed by atoms with E-state index in [1.165, 1.54) is 6.92 Å². The van der Waals surface area contributed by atoms with Crippen molar-refractivity contribution in [1.29, 1.82) is 0 Å². The molecule has 6 nitrogen and oxygen atoms in total. The molecule has 0 aliphatic carbocycles. The zero-order valence-corrected chi connectivity index (χ0v) is 12.7. The van der Waals surface area contributed by atoms with Crippen LogP contribution in [0.1, 0.15) is 30.6 Å². The van der Waals surface area contributed by atoms with E-state index in [0.717, 1.165) is 0 Å². The van der Waals surface area contributed by atoms with Gasteiger partial charge in [-0.15, -0.1) is 0 Å². The van der Waals surface area contributed by atoms with Crippen LogP contribution in [0.5, 0.6) is 0 Å². The zero-order valence-electron chi connectivity index (χ0n) is 12.7. The fraction of sp³-hybridized carbons (Fsp3) is 0.438. The van der Waals surface area contributed by atoms with Crippen molar-refractivity contribution in [2.45, 2.75) is 32.4 Å². The summed E-state index contributed by atoms with van der Waals surface area (Å²) >= 11 is 0. The second-order valence-corrected chi connectivity index (χ2v) is 5.48. The third-order valence-corrected chi connectivity index (χ3v) is 4.10. The number of rotatable bonds is 3. The number of hydrogen-bond donors (Lipinski definition) is 1. The highest BCUT2D eigenvalue weighted by molar-refractivity contribution is 5.94. The molecule has 1 N–H and O–H groups in total. The Labute approximate surface area is 129 Å². The van der Waals surface area contributed by atoms with Crippen LogP contribution in [-0.4, -0.2) is 57.9 Å². The molecule has 0 bridgehead atoms. The van der Waals surface area contributed by atoms with Crippen molar-refractivity contribution >= 4 is 17.8 Å². The van der Waals surface area contributed by atoms with Crippen molar-refractivity contribution in [3.05, 3.63) is 35.9 Å². The van der Waals surface area contributed by atoms with E-state index in [0.29, 0.717) is 18.7 Å². The predicted molar refractivity (Wildman–Crippen MR) is 80.4 cm³/mol. The lowest BCUT2D eigenvalue weighted by atomic mass is 9.98. The third-order valence-electron chi connectivity index (χ3n) is 4.10. The third kappa shape index (κ3) is 3.27. The normalized spacial score (nSPS) is 21.5. The molecule has 118 valence electrons. The van der Waals surface area contributed by atoms with Crippen LogP contribution in [-0.2, 0) is 9.59 Å². The van der Waals surface area contributed by atoms with Gasteiger partial charge in [0.15, 0.2) is 0 Å². The maximum Gasteiger partial charge on any atom is 0.305 e. The number of carboxylic acid groups (broad SMARTS) is 1. The zero-order chi connectivity index (χ0) is 16.3. The molecular formula is C16H20N2O4. The quantitative estimate of drug-likeness (QED) is 0.911. The van der Waals surface area contributed by atoms with Crippen molar-refractivity contribution in [2.75, 3.05) is 13.1 Å². The van der Waals surface area contributed by atoms with E-state index in [-0.39, 0.29) is 24.3 Å². The van der Waals surface area contributed by atoms with Gasteiger partial charge >= 0.3 is 5.97 Å². The average Bonchev–Trinajstić information content (AvgIpc) is 2.48. The van der Waals surface area contributed by atoms with Crippen molar-refractivity contribution in [3.8, 4) is 0 Å². The summed E-state index contributed by atoms with van der Waals surface area (Å²) in [7, 11) is 0. The number of carbonyl (C=O) groups excluding carboxylic acids is 2. The molecule has 1 fully saturated rings. The van der Waals surface area contributed by atoms with Gasteiger partial charge in [0.05, 0.1) is 18.5 Å². The minimum atomic E-state index is -0.975. The molecule has 0 spiro atoms. The Morgan fingerprint density at radius 2 is 1.73 bits per heavy atom. The molecular weight excluding hydrogens is 284 g/mol. The Morgan fingerprint density at radius 3 is 2.27 bits per heavy atom. The fourth-order valence-corrected chi connectivity index (χ4v) is 2.94. The van der Waals surface area contributed by atoms with E-state index in [4.69, 9.17) is 5.11 Å². The molecule has 0 saturated carbocycles.